The molecule has 0 aromatic heterocycles. The predicted octanol–water partition coefficient (Wildman–Crippen LogP) is 5.79. The maximum Gasteiger partial charge on any atom is 0.338 e. The number of nitrogens with zero attached hydrogens (tertiary/aromatic N) is 2. The summed E-state index contributed by atoms with van der Waals surface area (Å²) in [7, 11) is 1.48. The van der Waals surface area contributed by atoms with Gasteiger partial charge in [-0.15, -0.1) is 0 Å². The normalized spacial score (nSPS) is 13.3. The highest BCUT2D eigenvalue weighted by Gasteiger charge is 2.24. The first kappa shape index (κ1) is 29.0. The Bertz CT molecular complexity index is 1420. The molecule has 0 radical (unpaired) electrons. The molecule has 0 saturated carbocycles. The van der Waals surface area contributed by atoms with Gasteiger partial charge in [0.15, 0.2) is 0 Å². The summed E-state index contributed by atoms with van der Waals surface area (Å²) >= 11 is 12.3. The lowest BCUT2D eigenvalue weighted by Crippen LogP contribution is -2.49. The largest absolute Gasteiger partial charge is 0.495 e. The number of ether oxygens (including phenoxy) is 2. The van der Waals surface area contributed by atoms with E-state index in [0.717, 1.165) is 5.69 Å². The van der Waals surface area contributed by atoms with E-state index in [4.69, 9.17) is 32.7 Å². The molecule has 1 N–H and O–H groups in total. The van der Waals surface area contributed by atoms with Crippen molar-refractivity contribution in [3.05, 3.63) is 93.5 Å². The zero-order chi connectivity index (χ0) is 28.6. The molecule has 8 nitrogen and oxygen atoms in total. The van der Waals surface area contributed by atoms with Gasteiger partial charge < -0.3 is 24.6 Å². The summed E-state index contributed by atoms with van der Waals surface area (Å²) in [5.41, 5.74) is 2.66. The van der Waals surface area contributed by atoms with E-state index < -0.39 is 11.9 Å². The molecule has 0 aliphatic carbocycles. The molecule has 1 saturated heterocycles. The molecule has 0 unspecified atom stereocenters. The maximum atomic E-state index is 13.0. The molecule has 0 bridgehead atoms. The van der Waals surface area contributed by atoms with Gasteiger partial charge in [0, 0.05) is 48.4 Å². The fraction of sp³-hybridized carbons (Fsp3) is 0.233. The Balaban J connectivity index is 1.54. The number of piperazine rings is 1. The second kappa shape index (κ2) is 13.4. The van der Waals surface area contributed by atoms with E-state index in [9.17, 15) is 14.4 Å². The molecule has 1 aliphatic heterocycles. The van der Waals surface area contributed by atoms with E-state index in [1.807, 2.05) is 23.1 Å². The highest BCUT2D eigenvalue weighted by molar-refractivity contribution is 6.36. The molecule has 208 valence electrons. The summed E-state index contributed by atoms with van der Waals surface area (Å²) in [6, 6.07) is 17.4. The van der Waals surface area contributed by atoms with Crippen LogP contribution >= 0.6 is 23.2 Å². The van der Waals surface area contributed by atoms with E-state index in [2.05, 4.69) is 10.2 Å². The topological polar surface area (TPSA) is 88.2 Å². The summed E-state index contributed by atoms with van der Waals surface area (Å²) in [6.07, 6.45) is 2.89. The van der Waals surface area contributed by atoms with Crippen LogP contribution < -0.4 is 15.0 Å². The Hall–Kier alpha value is -4.01. The molecule has 1 fully saturated rings. The summed E-state index contributed by atoms with van der Waals surface area (Å²) < 4.78 is 10.5. The van der Waals surface area contributed by atoms with Crippen LogP contribution in [0.5, 0.6) is 5.75 Å². The Kier molecular flexibility index (Phi) is 9.69. The van der Waals surface area contributed by atoms with E-state index >= 15 is 0 Å². The minimum Gasteiger partial charge on any atom is -0.495 e. The second-order valence-corrected chi connectivity index (χ2v) is 9.77. The number of halogens is 2. The lowest BCUT2D eigenvalue weighted by molar-refractivity contribution is -0.111. The molecular weight excluding hydrogens is 553 g/mol. The van der Waals surface area contributed by atoms with Crippen molar-refractivity contribution < 1.29 is 23.9 Å². The van der Waals surface area contributed by atoms with Crippen LogP contribution in [-0.2, 0) is 9.53 Å². The third-order valence-electron chi connectivity index (χ3n) is 6.35. The van der Waals surface area contributed by atoms with Gasteiger partial charge in [-0.25, -0.2) is 4.79 Å². The smallest absolute Gasteiger partial charge is 0.338 e. The van der Waals surface area contributed by atoms with E-state index in [1.165, 1.54) is 13.2 Å². The Morgan fingerprint density at radius 1 is 0.950 bits per heavy atom. The fourth-order valence-electron chi connectivity index (χ4n) is 4.43. The third kappa shape index (κ3) is 6.94. The first-order valence-corrected chi connectivity index (χ1v) is 13.5. The predicted molar refractivity (Wildman–Crippen MR) is 158 cm³/mol. The molecule has 2 amide bonds. The highest BCUT2D eigenvalue weighted by atomic mass is 35.5. The summed E-state index contributed by atoms with van der Waals surface area (Å²) in [5.74, 6) is -0.550. The number of nitrogens with one attached hydrogen (secondary N) is 1. The number of hydrogen-bond acceptors (Lipinski definition) is 6. The van der Waals surface area contributed by atoms with Crippen molar-refractivity contribution in [2.24, 2.45) is 0 Å². The van der Waals surface area contributed by atoms with Gasteiger partial charge in [-0.1, -0.05) is 41.4 Å². The molecule has 1 heterocycles. The monoisotopic (exact) mass is 581 g/mol. The van der Waals surface area contributed by atoms with Crippen LogP contribution in [-0.4, -0.2) is 62.6 Å². The first-order valence-electron chi connectivity index (χ1n) is 12.7. The maximum absolute atomic E-state index is 13.0. The Morgan fingerprint density at radius 2 is 1.68 bits per heavy atom. The Morgan fingerprint density at radius 3 is 2.35 bits per heavy atom. The first-order chi connectivity index (χ1) is 19.3. The molecule has 0 spiro atoms. The molecule has 0 atom stereocenters. The van der Waals surface area contributed by atoms with E-state index in [-0.39, 0.29) is 12.5 Å². The van der Waals surface area contributed by atoms with Gasteiger partial charge in [-0.3, -0.25) is 9.59 Å². The van der Waals surface area contributed by atoms with Crippen molar-refractivity contribution in [2.75, 3.05) is 50.1 Å². The standard InChI is InChI=1S/C30H29Cl2N3O5/c1-3-40-30(38)22-9-11-26(34-13-15-35(16-14-34)29(37)20-7-5-4-6-8-20)25(18-22)33-27(36)12-10-21-17-23(31)19-24(32)28(21)39-2/h4-12,17-19H,3,13-16H2,1-2H3,(H,33,36)/b12-10+. The van der Waals surface area contributed by atoms with Crippen molar-refractivity contribution in [1.82, 2.24) is 4.90 Å². The van der Waals surface area contributed by atoms with Crippen LogP contribution in [0.3, 0.4) is 0 Å². The quantitative estimate of drug-likeness (QED) is 0.267. The zero-order valence-electron chi connectivity index (χ0n) is 22.2. The van der Waals surface area contributed by atoms with Crippen LogP contribution in [0.1, 0.15) is 33.2 Å². The number of esters is 1. The number of hydrogen-bond donors (Lipinski definition) is 1. The van der Waals surface area contributed by atoms with Gasteiger partial charge >= 0.3 is 5.97 Å². The minimum atomic E-state index is -0.489. The molecule has 3 aromatic rings. The minimum absolute atomic E-state index is 0.0203. The molecule has 3 aromatic carbocycles. The van der Waals surface area contributed by atoms with Crippen LogP contribution in [0.4, 0.5) is 11.4 Å². The Labute approximate surface area is 243 Å². The van der Waals surface area contributed by atoms with Crippen molar-refractivity contribution in [3.8, 4) is 5.75 Å². The van der Waals surface area contributed by atoms with Gasteiger partial charge in [-0.2, -0.15) is 0 Å². The number of rotatable bonds is 8. The lowest BCUT2D eigenvalue weighted by atomic mass is 10.1. The number of amides is 2. The van der Waals surface area contributed by atoms with Gasteiger partial charge in [0.1, 0.15) is 5.75 Å². The highest BCUT2D eigenvalue weighted by Crippen LogP contribution is 2.33. The van der Waals surface area contributed by atoms with Crippen molar-refractivity contribution >= 4 is 58.4 Å². The van der Waals surface area contributed by atoms with Crippen LogP contribution in [0.2, 0.25) is 10.0 Å². The van der Waals surface area contributed by atoms with E-state index in [0.29, 0.717) is 64.4 Å². The second-order valence-electron chi connectivity index (χ2n) is 8.93. The average Bonchev–Trinajstić information content (AvgIpc) is 2.96. The lowest BCUT2D eigenvalue weighted by Gasteiger charge is -2.37. The number of benzene rings is 3. The van der Waals surface area contributed by atoms with Gasteiger partial charge in [0.2, 0.25) is 5.91 Å². The summed E-state index contributed by atoms with van der Waals surface area (Å²) in [4.78, 5) is 42.2. The summed E-state index contributed by atoms with van der Waals surface area (Å²) in [6.45, 7) is 4.08. The van der Waals surface area contributed by atoms with Crippen molar-refractivity contribution in [1.29, 1.82) is 0 Å². The number of anilines is 2. The molecule has 10 heteroatoms. The fourth-order valence-corrected chi connectivity index (χ4v) is 5.01. The van der Waals surface area contributed by atoms with Crippen LogP contribution in [0.25, 0.3) is 6.08 Å². The average molecular weight is 582 g/mol. The van der Waals surface area contributed by atoms with Crippen LogP contribution in [0, 0.1) is 0 Å². The molecule has 4 rings (SSSR count). The number of carbonyl (C=O) groups is 3. The number of methoxy groups -OCH3 is 1. The van der Waals surface area contributed by atoms with Crippen LogP contribution in [0.15, 0.2) is 66.7 Å². The molecule has 40 heavy (non-hydrogen) atoms. The molecular formula is C30H29Cl2N3O5. The van der Waals surface area contributed by atoms with Gasteiger partial charge in [0.05, 0.1) is 35.7 Å². The third-order valence-corrected chi connectivity index (χ3v) is 6.85. The van der Waals surface area contributed by atoms with E-state index in [1.54, 1.807) is 55.5 Å². The van der Waals surface area contributed by atoms with Crippen molar-refractivity contribution in [3.63, 3.8) is 0 Å². The van der Waals surface area contributed by atoms with Gasteiger partial charge in [-0.05, 0) is 55.5 Å². The SMILES string of the molecule is CCOC(=O)c1ccc(N2CCN(C(=O)c3ccccc3)CC2)c(NC(=O)/C=C/c2cc(Cl)cc(Cl)c2OC)c1. The molecule has 1 aliphatic rings. The number of carbonyl (C=O) groups excluding carboxylic acids is 3. The summed E-state index contributed by atoms with van der Waals surface area (Å²) in [5, 5.41) is 3.61. The zero-order valence-corrected chi connectivity index (χ0v) is 23.7. The van der Waals surface area contributed by atoms with Crippen molar-refractivity contribution in [2.45, 2.75) is 6.92 Å². The van der Waals surface area contributed by atoms with Gasteiger partial charge in [0.25, 0.3) is 5.91 Å².